The molecule has 0 aromatic heterocycles. The summed E-state index contributed by atoms with van der Waals surface area (Å²) in [5, 5.41) is 0. The van der Waals surface area contributed by atoms with Crippen LogP contribution < -0.4 is 18.9 Å². The van der Waals surface area contributed by atoms with Crippen LogP contribution in [0.4, 0.5) is 0 Å². The van der Waals surface area contributed by atoms with Gasteiger partial charge in [-0.2, -0.15) is 0 Å². The molecule has 0 bridgehead atoms. The Labute approximate surface area is 147 Å². The van der Waals surface area contributed by atoms with Gasteiger partial charge in [-0.3, -0.25) is 0 Å². The Kier molecular flexibility index (Phi) is 6.38. The highest BCUT2D eigenvalue weighted by molar-refractivity contribution is 6.24. The molecule has 0 spiro atoms. The van der Waals surface area contributed by atoms with Gasteiger partial charge in [0.05, 0.1) is 28.4 Å². The number of ether oxygens (including phenoxy) is 4. The summed E-state index contributed by atoms with van der Waals surface area (Å²) in [7, 11) is 6.45. The molecule has 0 fully saturated rings. The predicted molar refractivity (Wildman–Crippen MR) is 97.7 cm³/mol. The summed E-state index contributed by atoms with van der Waals surface area (Å²) < 4.78 is 21.2. The summed E-state index contributed by atoms with van der Waals surface area (Å²) in [5.74, 6) is 3.07. The number of hydrogen-bond acceptors (Lipinski definition) is 4. The SMILES string of the molecule is COc1ccc(/C=C(\CCl)c2ccc(OC)c(OC)c2)cc1OC. The van der Waals surface area contributed by atoms with E-state index in [0.29, 0.717) is 28.9 Å². The number of halogens is 1. The van der Waals surface area contributed by atoms with Crippen LogP contribution in [0, 0.1) is 0 Å². The van der Waals surface area contributed by atoms with E-state index in [9.17, 15) is 0 Å². The van der Waals surface area contributed by atoms with Crippen molar-refractivity contribution in [1.82, 2.24) is 0 Å². The lowest BCUT2D eigenvalue weighted by molar-refractivity contribution is 0.355. The molecular formula is C19H21ClO4. The second-order valence-electron chi connectivity index (χ2n) is 4.99. The molecule has 0 aliphatic heterocycles. The van der Waals surface area contributed by atoms with Crippen LogP contribution in [0.25, 0.3) is 11.6 Å². The van der Waals surface area contributed by atoms with Crippen molar-refractivity contribution in [2.24, 2.45) is 0 Å². The van der Waals surface area contributed by atoms with Crippen LogP contribution in [-0.4, -0.2) is 34.3 Å². The van der Waals surface area contributed by atoms with Gasteiger partial charge in [0.25, 0.3) is 0 Å². The number of alkyl halides is 1. The van der Waals surface area contributed by atoms with E-state index >= 15 is 0 Å². The fourth-order valence-electron chi connectivity index (χ4n) is 2.38. The fraction of sp³-hybridized carbons (Fsp3) is 0.263. The van der Waals surface area contributed by atoms with E-state index in [0.717, 1.165) is 16.7 Å². The van der Waals surface area contributed by atoms with Crippen LogP contribution in [0.2, 0.25) is 0 Å². The standard InChI is InChI=1S/C19H21ClO4/c1-21-16-7-5-13(10-18(16)23-3)9-15(12-20)14-6-8-17(22-2)19(11-14)24-4/h5-11H,12H2,1-4H3/b15-9+. The minimum atomic E-state index is 0.365. The normalized spacial score (nSPS) is 11.1. The third-order valence-electron chi connectivity index (χ3n) is 3.65. The smallest absolute Gasteiger partial charge is 0.161 e. The van der Waals surface area contributed by atoms with Gasteiger partial charge < -0.3 is 18.9 Å². The van der Waals surface area contributed by atoms with E-state index in [2.05, 4.69) is 0 Å². The fourth-order valence-corrected chi connectivity index (χ4v) is 2.61. The third kappa shape index (κ3) is 3.95. The zero-order valence-corrected chi connectivity index (χ0v) is 15.0. The van der Waals surface area contributed by atoms with Gasteiger partial charge in [0, 0.05) is 5.88 Å². The highest BCUT2D eigenvalue weighted by atomic mass is 35.5. The molecule has 128 valence electrons. The summed E-state index contributed by atoms with van der Waals surface area (Å²) >= 11 is 6.16. The lowest BCUT2D eigenvalue weighted by atomic mass is 10.0. The van der Waals surface area contributed by atoms with E-state index < -0.39 is 0 Å². The van der Waals surface area contributed by atoms with Crippen LogP contribution in [0.3, 0.4) is 0 Å². The number of rotatable bonds is 7. The van der Waals surface area contributed by atoms with E-state index in [1.54, 1.807) is 28.4 Å². The van der Waals surface area contributed by atoms with Crippen LogP contribution in [-0.2, 0) is 0 Å². The minimum absolute atomic E-state index is 0.365. The second-order valence-corrected chi connectivity index (χ2v) is 5.25. The molecular weight excluding hydrogens is 328 g/mol. The maximum Gasteiger partial charge on any atom is 0.161 e. The Bertz CT molecular complexity index is 725. The van der Waals surface area contributed by atoms with Gasteiger partial charge >= 0.3 is 0 Å². The largest absolute Gasteiger partial charge is 0.493 e. The van der Waals surface area contributed by atoms with Crippen LogP contribution in [0.5, 0.6) is 23.0 Å². The lowest BCUT2D eigenvalue weighted by Crippen LogP contribution is -1.94. The van der Waals surface area contributed by atoms with E-state index in [1.807, 2.05) is 42.5 Å². The first-order valence-electron chi connectivity index (χ1n) is 7.37. The Morgan fingerprint density at radius 3 is 1.88 bits per heavy atom. The van der Waals surface area contributed by atoms with Crippen molar-refractivity contribution in [1.29, 1.82) is 0 Å². The van der Waals surface area contributed by atoms with Crippen molar-refractivity contribution in [3.05, 3.63) is 47.5 Å². The van der Waals surface area contributed by atoms with Crippen LogP contribution >= 0.6 is 11.6 Å². The van der Waals surface area contributed by atoms with Crippen molar-refractivity contribution in [2.75, 3.05) is 34.3 Å². The first-order valence-corrected chi connectivity index (χ1v) is 7.91. The molecule has 4 nitrogen and oxygen atoms in total. The average molecular weight is 349 g/mol. The number of methoxy groups -OCH3 is 4. The van der Waals surface area contributed by atoms with Gasteiger partial charge in [-0.15, -0.1) is 11.6 Å². The Morgan fingerprint density at radius 1 is 0.792 bits per heavy atom. The van der Waals surface area contributed by atoms with Gasteiger partial charge in [-0.05, 0) is 47.0 Å². The topological polar surface area (TPSA) is 36.9 Å². The van der Waals surface area contributed by atoms with Gasteiger partial charge in [0.1, 0.15) is 0 Å². The Hall–Kier alpha value is -2.33. The highest BCUT2D eigenvalue weighted by Crippen LogP contribution is 2.33. The number of allylic oxidation sites excluding steroid dienone is 1. The third-order valence-corrected chi connectivity index (χ3v) is 3.93. The molecule has 0 aliphatic carbocycles. The highest BCUT2D eigenvalue weighted by Gasteiger charge is 2.09. The molecule has 0 unspecified atom stereocenters. The number of benzene rings is 2. The van der Waals surface area contributed by atoms with Gasteiger partial charge in [-0.1, -0.05) is 12.1 Å². The Balaban J connectivity index is 2.42. The molecule has 0 heterocycles. The number of hydrogen-bond donors (Lipinski definition) is 0. The quantitative estimate of drug-likeness (QED) is 0.545. The van der Waals surface area contributed by atoms with Crippen LogP contribution in [0.15, 0.2) is 36.4 Å². The van der Waals surface area contributed by atoms with Crippen LogP contribution in [0.1, 0.15) is 11.1 Å². The van der Waals surface area contributed by atoms with Crippen molar-refractivity contribution in [3.63, 3.8) is 0 Å². The first kappa shape index (κ1) is 18.0. The van der Waals surface area contributed by atoms with E-state index in [1.165, 1.54) is 0 Å². The lowest BCUT2D eigenvalue weighted by Gasteiger charge is -2.12. The summed E-state index contributed by atoms with van der Waals surface area (Å²) in [6, 6.07) is 11.5. The molecule has 0 amide bonds. The molecule has 0 radical (unpaired) electrons. The molecule has 2 aromatic rings. The summed E-state index contributed by atoms with van der Waals surface area (Å²) in [6.07, 6.45) is 2.01. The predicted octanol–water partition coefficient (Wildman–Crippen LogP) is 4.50. The maximum atomic E-state index is 6.16. The zero-order valence-electron chi connectivity index (χ0n) is 14.3. The van der Waals surface area contributed by atoms with E-state index in [4.69, 9.17) is 30.5 Å². The molecule has 0 atom stereocenters. The molecule has 0 N–H and O–H groups in total. The Morgan fingerprint density at radius 2 is 1.33 bits per heavy atom. The zero-order chi connectivity index (χ0) is 17.5. The molecule has 0 saturated carbocycles. The van der Waals surface area contributed by atoms with Gasteiger partial charge in [-0.25, -0.2) is 0 Å². The molecule has 24 heavy (non-hydrogen) atoms. The van der Waals surface area contributed by atoms with E-state index in [-0.39, 0.29) is 0 Å². The van der Waals surface area contributed by atoms with Gasteiger partial charge in [0.15, 0.2) is 23.0 Å². The second kappa shape index (κ2) is 8.50. The van der Waals surface area contributed by atoms with Crippen molar-refractivity contribution in [3.8, 4) is 23.0 Å². The molecule has 2 rings (SSSR count). The maximum absolute atomic E-state index is 6.16. The molecule has 0 aliphatic rings. The van der Waals surface area contributed by atoms with Gasteiger partial charge in [0.2, 0.25) is 0 Å². The summed E-state index contributed by atoms with van der Waals surface area (Å²) in [4.78, 5) is 0. The molecule has 0 saturated heterocycles. The summed E-state index contributed by atoms with van der Waals surface area (Å²) in [5.41, 5.74) is 2.90. The first-order chi connectivity index (χ1) is 11.7. The monoisotopic (exact) mass is 348 g/mol. The minimum Gasteiger partial charge on any atom is -0.493 e. The summed E-state index contributed by atoms with van der Waals surface area (Å²) in [6.45, 7) is 0. The molecule has 2 aromatic carbocycles. The molecule has 5 heteroatoms. The van der Waals surface area contributed by atoms with Crippen molar-refractivity contribution < 1.29 is 18.9 Å². The van der Waals surface area contributed by atoms with Crippen molar-refractivity contribution >= 4 is 23.3 Å². The average Bonchev–Trinajstić information content (AvgIpc) is 2.65. The van der Waals surface area contributed by atoms with Crippen molar-refractivity contribution in [2.45, 2.75) is 0 Å².